The number of aryl methyl sites for hydroxylation is 3. The molecule has 3 aromatic carbocycles. The molecule has 216 valence electrons. The van der Waals surface area contributed by atoms with Crippen LogP contribution < -0.4 is 4.70 Å². The SMILES string of the molecule is Cc1ccc(S(=O)(=O)OCCOS(=O)(=O)c2ccc(C)cc2)cc1.Cc1ccc(S(=O)(=O)OCC[18F])cc1.[18F-]. The summed E-state index contributed by atoms with van der Waals surface area (Å²) in [5, 5.41) is 0. The van der Waals surface area contributed by atoms with E-state index in [-0.39, 0.29) is 19.4 Å². The Morgan fingerprint density at radius 2 is 0.718 bits per heavy atom. The molecule has 0 N–H and O–H groups in total. The molecule has 0 saturated carbocycles. The molecule has 0 saturated heterocycles. The number of alkyl halides is 1. The molecule has 3 aromatic rings. The zero-order chi connectivity index (χ0) is 28.4. The summed E-state index contributed by atoms with van der Waals surface area (Å²) >= 11 is 0. The largest absolute Gasteiger partial charge is 1.00 e. The van der Waals surface area contributed by atoms with Crippen LogP contribution in [-0.2, 0) is 42.9 Å². The zero-order valence-electron chi connectivity index (χ0n) is 21.4. The Kier molecular flexibility index (Phi) is 13.3. The van der Waals surface area contributed by atoms with E-state index in [0.29, 0.717) is 0 Å². The molecule has 0 unspecified atom stereocenters. The van der Waals surface area contributed by atoms with Crippen molar-refractivity contribution < 1.29 is 46.9 Å². The fraction of sp³-hybridized carbons (Fsp3) is 0.280. The van der Waals surface area contributed by atoms with E-state index in [2.05, 4.69) is 4.18 Å². The van der Waals surface area contributed by atoms with Crippen LogP contribution in [0, 0.1) is 20.8 Å². The highest BCUT2D eigenvalue weighted by molar-refractivity contribution is 7.87. The third-order valence-corrected chi connectivity index (χ3v) is 8.78. The molecule has 0 atom stereocenters. The predicted octanol–water partition coefficient (Wildman–Crippen LogP) is 1.09. The van der Waals surface area contributed by atoms with Crippen molar-refractivity contribution in [1.82, 2.24) is 0 Å². The lowest BCUT2D eigenvalue weighted by Gasteiger charge is -2.08. The number of hydrogen-bond donors (Lipinski definition) is 0. The molecule has 39 heavy (non-hydrogen) atoms. The summed E-state index contributed by atoms with van der Waals surface area (Å²) in [6.07, 6.45) is 0. The van der Waals surface area contributed by atoms with Crippen molar-refractivity contribution in [2.24, 2.45) is 0 Å². The van der Waals surface area contributed by atoms with E-state index in [4.69, 9.17) is 8.37 Å². The maximum Gasteiger partial charge on any atom is 0.297 e. The second kappa shape index (κ2) is 15.1. The average Bonchev–Trinajstić information content (AvgIpc) is 2.87. The summed E-state index contributed by atoms with van der Waals surface area (Å²) in [6.45, 7) is 3.46. The van der Waals surface area contributed by atoms with Gasteiger partial charge in [-0.3, -0.25) is 12.5 Å². The van der Waals surface area contributed by atoms with E-state index in [1.807, 2.05) is 20.8 Å². The van der Waals surface area contributed by atoms with Crippen LogP contribution in [-0.4, -0.2) is 51.7 Å². The van der Waals surface area contributed by atoms with Gasteiger partial charge in [0.05, 0.1) is 34.5 Å². The molecule has 0 spiro atoms. The van der Waals surface area contributed by atoms with E-state index in [1.165, 1.54) is 36.4 Å². The van der Waals surface area contributed by atoms with Crippen LogP contribution in [0.3, 0.4) is 0 Å². The van der Waals surface area contributed by atoms with Crippen LogP contribution in [0.15, 0.2) is 87.5 Å². The lowest BCUT2D eigenvalue weighted by molar-refractivity contribution is -0.0000184. The fourth-order valence-electron chi connectivity index (χ4n) is 2.75. The monoisotopic (exact) mass is 605 g/mol. The first-order chi connectivity index (χ1) is 17.8. The van der Waals surface area contributed by atoms with Gasteiger partial charge in [0.2, 0.25) is 0 Å². The van der Waals surface area contributed by atoms with Gasteiger partial charge in [-0.05, 0) is 57.2 Å². The third-order valence-electron chi connectivity index (χ3n) is 4.80. The van der Waals surface area contributed by atoms with Gasteiger partial charge in [0.1, 0.15) is 6.67 Å². The zero-order valence-corrected chi connectivity index (χ0v) is 23.9. The van der Waals surface area contributed by atoms with Gasteiger partial charge in [-0.25, -0.2) is 4.39 Å². The Hall–Kier alpha value is -2.75. The molecule has 0 heterocycles. The average molecular weight is 606 g/mol. The lowest BCUT2D eigenvalue weighted by Crippen LogP contribution is -3.00. The molecule has 0 aliphatic heterocycles. The molecule has 0 aromatic heterocycles. The van der Waals surface area contributed by atoms with Crippen molar-refractivity contribution in [3.05, 3.63) is 89.5 Å². The standard InChI is InChI=1S/C16H18O6S2.C9H11FO3S.FH/c1-13-3-7-15(8-4-13)23(17,18)21-11-12-22-24(19,20)16-9-5-14(2)6-10-16;1-8-2-4-9(5-3-8)14(11,12)13-7-6-10;/h3-10H,11-12H2,1-2H3;2-5H,6-7H2,1H3;1H/p-1/i;10-1;1-1. The molecule has 0 aliphatic rings. The predicted molar refractivity (Wildman–Crippen MR) is 139 cm³/mol. The third kappa shape index (κ3) is 11.1. The first-order valence-electron chi connectivity index (χ1n) is 11.2. The minimum absolute atomic E-state index is 0. The fourth-order valence-corrected chi connectivity index (χ4v) is 5.42. The lowest BCUT2D eigenvalue weighted by atomic mass is 10.2. The highest BCUT2D eigenvalue weighted by Crippen LogP contribution is 2.16. The molecule has 0 aliphatic carbocycles. The maximum atomic E-state index is 11.9. The minimum atomic E-state index is -3.94. The molecule has 0 amide bonds. The van der Waals surface area contributed by atoms with E-state index < -0.39 is 56.8 Å². The van der Waals surface area contributed by atoms with Crippen LogP contribution in [0.1, 0.15) is 16.7 Å². The van der Waals surface area contributed by atoms with Crippen molar-refractivity contribution in [3.63, 3.8) is 0 Å². The molecule has 9 nitrogen and oxygen atoms in total. The molecule has 3 rings (SSSR count). The molecule has 0 fully saturated rings. The van der Waals surface area contributed by atoms with Crippen LogP contribution >= 0.6 is 0 Å². The number of rotatable bonds is 11. The quantitative estimate of drug-likeness (QED) is 0.233. The molecule has 14 heteroatoms. The second-order valence-corrected chi connectivity index (χ2v) is 12.8. The Balaban J connectivity index is 0.000000434. The van der Waals surface area contributed by atoms with E-state index in [0.717, 1.165) is 16.7 Å². The van der Waals surface area contributed by atoms with Crippen molar-refractivity contribution in [2.75, 3.05) is 26.5 Å². The van der Waals surface area contributed by atoms with E-state index in [9.17, 15) is 29.6 Å². The van der Waals surface area contributed by atoms with Crippen LogP contribution in [0.25, 0.3) is 0 Å². The van der Waals surface area contributed by atoms with Crippen molar-refractivity contribution >= 4 is 30.4 Å². The van der Waals surface area contributed by atoms with Crippen molar-refractivity contribution in [3.8, 4) is 0 Å². The Morgan fingerprint density at radius 1 is 0.487 bits per heavy atom. The second-order valence-electron chi connectivity index (χ2n) is 7.96. The molecule has 0 radical (unpaired) electrons. The molecule has 0 bridgehead atoms. The van der Waals surface area contributed by atoms with Gasteiger partial charge in [-0.2, -0.15) is 25.3 Å². The minimum Gasteiger partial charge on any atom is -1.00 e. The highest BCUT2D eigenvalue weighted by Gasteiger charge is 2.18. The van der Waals surface area contributed by atoms with Crippen LogP contribution in [0.4, 0.5) is 4.39 Å². The van der Waals surface area contributed by atoms with Crippen LogP contribution in [0.5, 0.6) is 0 Å². The summed E-state index contributed by atoms with van der Waals surface area (Å²) in [6, 6.07) is 18.5. The first-order valence-corrected chi connectivity index (χ1v) is 15.4. The smallest absolute Gasteiger partial charge is 0.297 e. The Labute approximate surface area is 228 Å². The summed E-state index contributed by atoms with van der Waals surface area (Å²) in [5.41, 5.74) is 2.79. The van der Waals surface area contributed by atoms with Gasteiger partial charge >= 0.3 is 0 Å². The van der Waals surface area contributed by atoms with Crippen molar-refractivity contribution in [2.45, 2.75) is 35.5 Å². The summed E-state index contributed by atoms with van der Waals surface area (Å²) in [5.74, 6) is 0. The normalized spacial score (nSPS) is 11.7. The van der Waals surface area contributed by atoms with Gasteiger partial charge in [0.15, 0.2) is 0 Å². The van der Waals surface area contributed by atoms with Crippen LogP contribution in [0.2, 0.25) is 0 Å². The van der Waals surface area contributed by atoms with Gasteiger partial charge in [0.25, 0.3) is 30.4 Å². The maximum absolute atomic E-state index is 11.9. The Bertz CT molecular complexity index is 1410. The molecular weight excluding hydrogens is 576 g/mol. The van der Waals surface area contributed by atoms with Crippen molar-refractivity contribution in [1.29, 1.82) is 0 Å². The first kappa shape index (κ1) is 34.3. The summed E-state index contributed by atoms with van der Waals surface area (Å²) < 4.78 is 96.1. The number of hydrogen-bond acceptors (Lipinski definition) is 9. The van der Waals surface area contributed by atoms with Gasteiger partial charge < -0.3 is 4.70 Å². The number of benzene rings is 3. The van der Waals surface area contributed by atoms with Gasteiger partial charge in [-0.1, -0.05) is 53.1 Å². The highest BCUT2D eigenvalue weighted by atomic mass is 32.2. The Morgan fingerprint density at radius 3 is 0.949 bits per heavy atom. The number of halogens is 2. The summed E-state index contributed by atoms with van der Waals surface area (Å²) in [7, 11) is -11.7. The van der Waals surface area contributed by atoms with E-state index >= 15 is 0 Å². The molecular formula is C25H29F2O9S3-. The van der Waals surface area contributed by atoms with E-state index in [1.54, 1.807) is 36.4 Å². The topological polar surface area (TPSA) is 130 Å². The summed E-state index contributed by atoms with van der Waals surface area (Å²) in [4.78, 5) is 0.0699. The van der Waals surface area contributed by atoms with Gasteiger partial charge in [0, 0.05) is 0 Å². The van der Waals surface area contributed by atoms with Gasteiger partial charge in [-0.15, -0.1) is 0 Å².